The zero-order valence-corrected chi connectivity index (χ0v) is 17.8. The number of hydrogen-bond acceptors (Lipinski definition) is 7. The molecule has 0 fully saturated rings. The van der Waals surface area contributed by atoms with Gasteiger partial charge in [0.05, 0.1) is 20.8 Å². The fraction of sp³-hybridized carbons (Fsp3) is 0.100. The third-order valence-corrected chi connectivity index (χ3v) is 5.71. The van der Waals surface area contributed by atoms with Gasteiger partial charge in [-0.1, -0.05) is 17.4 Å². The zero-order chi connectivity index (χ0) is 24.8. The van der Waals surface area contributed by atoms with Crippen LogP contribution in [0.5, 0.6) is 0 Å². The Balaban J connectivity index is 1.67. The average molecular weight is 491 g/mol. The molecular weight excluding hydrogens is 479 g/mol. The van der Waals surface area contributed by atoms with E-state index in [1.165, 1.54) is 42.5 Å². The van der Waals surface area contributed by atoms with Crippen LogP contribution in [0.2, 0.25) is 0 Å². The number of aromatic nitrogens is 3. The topological polar surface area (TPSA) is 129 Å². The number of alkyl halides is 3. The second kappa shape index (κ2) is 8.22. The van der Waals surface area contributed by atoms with Crippen molar-refractivity contribution >= 4 is 38.3 Å². The van der Waals surface area contributed by atoms with E-state index in [1.807, 2.05) is 0 Å². The minimum Gasteiger partial charge on any atom is -0.298 e. The molecule has 2 aromatic heterocycles. The molecule has 0 aliphatic heterocycles. The second-order valence-electron chi connectivity index (χ2n) is 6.98. The minimum absolute atomic E-state index is 0.00316. The van der Waals surface area contributed by atoms with Crippen molar-refractivity contribution in [3.05, 3.63) is 90.7 Å². The van der Waals surface area contributed by atoms with Crippen molar-refractivity contribution < 1.29 is 22.9 Å². The monoisotopic (exact) mass is 491 g/mol. The number of non-ortho nitro benzene ring substituents is 1. The molecule has 14 heteroatoms. The molecule has 0 unspecified atom stereocenters. The van der Waals surface area contributed by atoms with Crippen molar-refractivity contribution in [2.45, 2.75) is 6.18 Å². The van der Waals surface area contributed by atoms with Gasteiger partial charge < -0.3 is 0 Å². The summed E-state index contributed by atoms with van der Waals surface area (Å²) < 4.78 is 40.5. The molecule has 0 aliphatic rings. The van der Waals surface area contributed by atoms with Crippen LogP contribution in [0.15, 0.2) is 58.1 Å². The third kappa shape index (κ3) is 4.17. The molecule has 0 saturated heterocycles. The van der Waals surface area contributed by atoms with Crippen LogP contribution in [-0.2, 0) is 13.2 Å². The molecule has 34 heavy (non-hydrogen) atoms. The SMILES string of the molecule is Cn1c(C(F)(F)F)cc(=O)n(-c2cccc(C(=O)Nc3nc4ccc([N+](=O)[O-])cc4s3)c2)c1=O. The van der Waals surface area contributed by atoms with Crippen LogP contribution in [0.1, 0.15) is 16.1 Å². The highest BCUT2D eigenvalue weighted by molar-refractivity contribution is 7.22. The summed E-state index contributed by atoms with van der Waals surface area (Å²) in [6.45, 7) is 0. The Bertz CT molecular complexity index is 1590. The van der Waals surface area contributed by atoms with Crippen molar-refractivity contribution in [2.75, 3.05) is 5.32 Å². The fourth-order valence-corrected chi connectivity index (χ4v) is 4.07. The first-order valence-corrected chi connectivity index (χ1v) is 10.1. The maximum atomic E-state index is 13.1. The molecule has 4 rings (SSSR count). The number of fused-ring (bicyclic) bond motifs is 1. The molecule has 4 aromatic rings. The van der Waals surface area contributed by atoms with E-state index >= 15 is 0 Å². The second-order valence-corrected chi connectivity index (χ2v) is 8.01. The van der Waals surface area contributed by atoms with Crippen LogP contribution in [0.25, 0.3) is 15.9 Å². The summed E-state index contributed by atoms with van der Waals surface area (Å²) in [6.07, 6.45) is -4.90. The number of halogens is 3. The lowest BCUT2D eigenvalue weighted by Crippen LogP contribution is -2.40. The van der Waals surface area contributed by atoms with Gasteiger partial charge in [0.25, 0.3) is 17.2 Å². The first-order valence-electron chi connectivity index (χ1n) is 9.33. The Labute approximate surface area is 190 Å². The minimum atomic E-state index is -4.90. The number of amides is 1. The molecule has 0 aliphatic carbocycles. The van der Waals surface area contributed by atoms with E-state index in [-0.39, 0.29) is 22.1 Å². The van der Waals surface area contributed by atoms with Crippen molar-refractivity contribution in [3.63, 3.8) is 0 Å². The van der Waals surface area contributed by atoms with Gasteiger partial charge in [0, 0.05) is 30.8 Å². The maximum absolute atomic E-state index is 13.1. The zero-order valence-electron chi connectivity index (χ0n) is 17.0. The summed E-state index contributed by atoms with van der Waals surface area (Å²) in [5.74, 6) is -0.674. The van der Waals surface area contributed by atoms with Gasteiger partial charge in [-0.05, 0) is 24.3 Å². The Morgan fingerprint density at radius 2 is 1.88 bits per heavy atom. The average Bonchev–Trinajstić information content (AvgIpc) is 3.17. The lowest BCUT2D eigenvalue weighted by molar-refractivity contribution is -0.384. The van der Waals surface area contributed by atoms with Gasteiger partial charge in [-0.25, -0.2) is 14.3 Å². The fourth-order valence-electron chi connectivity index (χ4n) is 3.17. The Kier molecular flexibility index (Phi) is 5.53. The van der Waals surface area contributed by atoms with Crippen LogP contribution in [0.4, 0.5) is 24.0 Å². The standard InChI is InChI=1S/C20H12F3N5O5S/c1-26-15(20(21,22)23)9-16(29)27(19(26)31)11-4-2-3-10(7-11)17(30)25-18-24-13-6-5-12(28(32)33)8-14(13)34-18/h2-9H,1H3,(H,24,25,30). The molecule has 10 nitrogen and oxygen atoms in total. The van der Waals surface area contributed by atoms with Gasteiger partial charge >= 0.3 is 11.9 Å². The van der Waals surface area contributed by atoms with Crippen molar-refractivity contribution in [3.8, 4) is 5.69 Å². The molecule has 174 valence electrons. The molecule has 0 spiro atoms. The number of benzene rings is 2. The van der Waals surface area contributed by atoms with Crippen LogP contribution < -0.4 is 16.6 Å². The van der Waals surface area contributed by atoms with Crippen LogP contribution >= 0.6 is 11.3 Å². The summed E-state index contributed by atoms with van der Waals surface area (Å²) in [5, 5.41) is 13.6. The number of nitrogens with zero attached hydrogens (tertiary/aromatic N) is 4. The maximum Gasteiger partial charge on any atom is 0.431 e. The van der Waals surface area contributed by atoms with Crippen LogP contribution in [0.3, 0.4) is 0 Å². The van der Waals surface area contributed by atoms with E-state index in [0.29, 0.717) is 25.4 Å². The van der Waals surface area contributed by atoms with Gasteiger partial charge in [0.1, 0.15) is 5.69 Å². The van der Waals surface area contributed by atoms with Crippen molar-refractivity contribution in [1.82, 2.24) is 14.1 Å². The molecular formula is C20H12F3N5O5S. The predicted molar refractivity (Wildman–Crippen MR) is 117 cm³/mol. The number of anilines is 1. The van der Waals surface area contributed by atoms with Crippen molar-refractivity contribution in [2.24, 2.45) is 7.05 Å². The van der Waals surface area contributed by atoms with Gasteiger partial charge in [0.15, 0.2) is 5.13 Å². The molecule has 1 amide bonds. The highest BCUT2D eigenvalue weighted by Gasteiger charge is 2.35. The lowest BCUT2D eigenvalue weighted by Gasteiger charge is -2.14. The normalized spacial score (nSPS) is 11.5. The number of rotatable bonds is 4. The van der Waals surface area contributed by atoms with Gasteiger partial charge in [-0.3, -0.25) is 29.6 Å². The largest absolute Gasteiger partial charge is 0.431 e. The smallest absolute Gasteiger partial charge is 0.298 e. The van der Waals surface area contributed by atoms with E-state index in [2.05, 4.69) is 10.3 Å². The number of thiazole rings is 1. The first-order chi connectivity index (χ1) is 16.0. The Hall–Kier alpha value is -4.33. The number of nitro benzene ring substituents is 1. The Morgan fingerprint density at radius 1 is 1.15 bits per heavy atom. The van der Waals surface area contributed by atoms with Gasteiger partial charge in [-0.15, -0.1) is 0 Å². The summed E-state index contributed by atoms with van der Waals surface area (Å²) >= 11 is 1.00. The molecule has 2 heterocycles. The summed E-state index contributed by atoms with van der Waals surface area (Å²) in [7, 11) is 0.884. The summed E-state index contributed by atoms with van der Waals surface area (Å²) in [6, 6.07) is 9.52. The molecule has 0 radical (unpaired) electrons. The lowest BCUT2D eigenvalue weighted by atomic mass is 10.2. The van der Waals surface area contributed by atoms with E-state index in [9.17, 15) is 37.7 Å². The Morgan fingerprint density at radius 3 is 2.56 bits per heavy atom. The summed E-state index contributed by atoms with van der Waals surface area (Å²) in [5.41, 5.74) is -3.65. The highest BCUT2D eigenvalue weighted by atomic mass is 32.1. The van der Waals surface area contributed by atoms with Crippen LogP contribution in [-0.4, -0.2) is 24.9 Å². The first kappa shape index (κ1) is 22.8. The molecule has 1 N–H and O–H groups in total. The molecule has 0 bridgehead atoms. The van der Waals surface area contributed by atoms with Crippen LogP contribution in [0, 0.1) is 10.1 Å². The number of nitro groups is 1. The summed E-state index contributed by atoms with van der Waals surface area (Å²) in [4.78, 5) is 52.0. The van der Waals surface area contributed by atoms with Crippen molar-refractivity contribution in [1.29, 1.82) is 0 Å². The quantitative estimate of drug-likeness (QED) is 0.344. The molecule has 0 saturated carbocycles. The van der Waals surface area contributed by atoms with E-state index in [1.54, 1.807) is 0 Å². The number of carbonyl (C=O) groups excluding carboxylic acids is 1. The molecule has 2 aromatic carbocycles. The third-order valence-electron chi connectivity index (χ3n) is 4.78. The van der Waals surface area contributed by atoms with Gasteiger partial charge in [-0.2, -0.15) is 13.2 Å². The van der Waals surface area contributed by atoms with Gasteiger partial charge in [0.2, 0.25) is 0 Å². The highest BCUT2D eigenvalue weighted by Crippen LogP contribution is 2.30. The van der Waals surface area contributed by atoms with E-state index in [0.717, 1.165) is 18.4 Å². The number of nitrogens with one attached hydrogen (secondary N) is 1. The van der Waals surface area contributed by atoms with E-state index < -0.39 is 33.9 Å². The van der Waals surface area contributed by atoms with E-state index in [4.69, 9.17) is 0 Å². The number of carbonyl (C=O) groups is 1. The number of hydrogen-bond donors (Lipinski definition) is 1. The molecule has 0 atom stereocenters. The predicted octanol–water partition coefficient (Wildman–Crippen LogP) is 3.33.